The minimum absolute atomic E-state index is 0. The van der Waals surface area contributed by atoms with Gasteiger partial charge in [-0.05, 0) is 61.2 Å². The molecule has 0 unspecified atom stereocenters. The van der Waals surface area contributed by atoms with Crippen molar-refractivity contribution in [2.45, 2.75) is 18.8 Å². The van der Waals surface area contributed by atoms with Crippen LogP contribution in [0, 0.1) is 0 Å². The van der Waals surface area contributed by atoms with E-state index in [1.165, 1.54) is 18.4 Å². The van der Waals surface area contributed by atoms with Gasteiger partial charge in [0.05, 0.1) is 10.0 Å². The number of rotatable bonds is 3. The third-order valence-corrected chi connectivity index (χ3v) is 4.86. The first-order valence-corrected chi connectivity index (χ1v) is 8.46. The van der Waals surface area contributed by atoms with E-state index in [1.54, 1.807) is 18.2 Å². The van der Waals surface area contributed by atoms with Gasteiger partial charge in [-0.3, -0.25) is 4.79 Å². The highest BCUT2D eigenvalue weighted by Gasteiger charge is 2.15. The number of halogens is 3. The van der Waals surface area contributed by atoms with Gasteiger partial charge in [0, 0.05) is 17.8 Å². The molecule has 1 amide bonds. The summed E-state index contributed by atoms with van der Waals surface area (Å²) < 4.78 is 0. The van der Waals surface area contributed by atoms with E-state index in [9.17, 15) is 4.79 Å². The van der Waals surface area contributed by atoms with E-state index < -0.39 is 0 Å². The molecule has 2 N–H and O–H groups in total. The summed E-state index contributed by atoms with van der Waals surface area (Å²) in [4.78, 5) is 12.2. The van der Waals surface area contributed by atoms with Crippen LogP contribution in [-0.4, -0.2) is 19.0 Å². The molecule has 128 valence electrons. The molecule has 1 atom stereocenters. The van der Waals surface area contributed by atoms with Crippen LogP contribution in [0.1, 0.15) is 34.7 Å². The number of hydrogen-bond donors (Lipinski definition) is 2. The molecular weight excluding hydrogens is 367 g/mol. The molecule has 1 heterocycles. The molecule has 24 heavy (non-hydrogen) atoms. The molecule has 1 aliphatic rings. The molecule has 1 fully saturated rings. The molecule has 2 aromatic rings. The number of carbonyl (C=O) groups is 1. The number of amides is 1. The van der Waals surface area contributed by atoms with Crippen molar-refractivity contribution in [3.63, 3.8) is 0 Å². The molecule has 1 aliphatic heterocycles. The molecule has 0 bridgehead atoms. The maximum absolute atomic E-state index is 12.2. The topological polar surface area (TPSA) is 41.1 Å². The van der Waals surface area contributed by atoms with E-state index in [0.717, 1.165) is 18.8 Å². The lowest BCUT2D eigenvalue weighted by atomic mass is 9.91. The molecule has 0 spiro atoms. The number of anilines is 1. The molecule has 0 radical (unpaired) electrons. The van der Waals surface area contributed by atoms with Gasteiger partial charge in [0.25, 0.3) is 5.91 Å². The highest BCUT2D eigenvalue weighted by Crippen LogP contribution is 2.25. The zero-order valence-electron chi connectivity index (χ0n) is 13.0. The van der Waals surface area contributed by atoms with E-state index >= 15 is 0 Å². The van der Waals surface area contributed by atoms with Gasteiger partial charge in [-0.1, -0.05) is 35.3 Å². The van der Waals surface area contributed by atoms with Gasteiger partial charge < -0.3 is 10.6 Å². The van der Waals surface area contributed by atoms with E-state index in [4.69, 9.17) is 23.2 Å². The van der Waals surface area contributed by atoms with Gasteiger partial charge in [-0.2, -0.15) is 0 Å². The molecule has 1 saturated heterocycles. The second kappa shape index (κ2) is 8.72. The fraction of sp³-hybridized carbons (Fsp3) is 0.278. The first-order valence-electron chi connectivity index (χ1n) is 7.70. The fourth-order valence-corrected chi connectivity index (χ4v) is 3.11. The van der Waals surface area contributed by atoms with Crippen molar-refractivity contribution in [2.24, 2.45) is 0 Å². The number of benzene rings is 2. The lowest BCUT2D eigenvalue weighted by Crippen LogP contribution is -2.28. The van der Waals surface area contributed by atoms with Crippen LogP contribution in [0.2, 0.25) is 10.0 Å². The molecule has 3 rings (SSSR count). The van der Waals surface area contributed by atoms with Gasteiger partial charge in [0.1, 0.15) is 0 Å². The Kier molecular flexibility index (Phi) is 6.93. The van der Waals surface area contributed by atoms with Gasteiger partial charge in [0.2, 0.25) is 0 Å². The lowest BCUT2D eigenvalue weighted by molar-refractivity contribution is 0.102. The quantitative estimate of drug-likeness (QED) is 0.768. The first-order chi connectivity index (χ1) is 11.1. The van der Waals surface area contributed by atoms with Gasteiger partial charge in [-0.15, -0.1) is 12.4 Å². The smallest absolute Gasteiger partial charge is 0.255 e. The SMILES string of the molecule is Cl.O=C(Nc1ccc([C@@H]2CCCNC2)cc1)c1ccc(Cl)c(Cl)c1. The average Bonchev–Trinajstić information content (AvgIpc) is 2.59. The highest BCUT2D eigenvalue weighted by molar-refractivity contribution is 6.42. The van der Waals surface area contributed by atoms with Crippen LogP contribution < -0.4 is 10.6 Å². The summed E-state index contributed by atoms with van der Waals surface area (Å²) in [5.74, 6) is 0.360. The molecule has 0 saturated carbocycles. The van der Waals surface area contributed by atoms with Crippen LogP contribution in [0.25, 0.3) is 0 Å². The molecule has 6 heteroatoms. The Bertz CT molecular complexity index is 698. The third-order valence-electron chi connectivity index (χ3n) is 4.12. The first kappa shape index (κ1) is 19.1. The number of hydrogen-bond acceptors (Lipinski definition) is 2. The van der Waals surface area contributed by atoms with Crippen LogP contribution in [0.3, 0.4) is 0 Å². The van der Waals surface area contributed by atoms with Crippen molar-refractivity contribution in [1.82, 2.24) is 5.32 Å². The predicted octanol–water partition coefficient (Wildman–Crippen LogP) is 5.13. The van der Waals surface area contributed by atoms with Gasteiger partial charge in [0.15, 0.2) is 0 Å². The Labute approximate surface area is 158 Å². The maximum atomic E-state index is 12.2. The van der Waals surface area contributed by atoms with Crippen molar-refractivity contribution >= 4 is 47.2 Å². The van der Waals surface area contributed by atoms with Crippen LogP contribution in [0.5, 0.6) is 0 Å². The second-order valence-corrected chi connectivity index (χ2v) is 6.56. The third kappa shape index (κ3) is 4.64. The second-order valence-electron chi connectivity index (χ2n) is 5.75. The highest BCUT2D eigenvalue weighted by atomic mass is 35.5. The lowest BCUT2D eigenvalue weighted by Gasteiger charge is -2.23. The van der Waals surface area contributed by atoms with Gasteiger partial charge in [-0.25, -0.2) is 0 Å². The Morgan fingerprint density at radius 1 is 1.08 bits per heavy atom. The zero-order valence-corrected chi connectivity index (χ0v) is 15.3. The monoisotopic (exact) mass is 384 g/mol. The largest absolute Gasteiger partial charge is 0.322 e. The van der Waals surface area contributed by atoms with Gasteiger partial charge >= 0.3 is 0 Å². The fourth-order valence-electron chi connectivity index (χ4n) is 2.82. The molecule has 2 aromatic carbocycles. The van der Waals surface area contributed by atoms with Crippen molar-refractivity contribution in [3.05, 3.63) is 63.6 Å². The standard InChI is InChI=1S/C18H18Cl2N2O.ClH/c19-16-8-5-13(10-17(16)20)18(23)22-15-6-3-12(4-7-15)14-2-1-9-21-11-14;/h3-8,10,14,21H,1-2,9,11H2,(H,22,23);1H/t14-;/m1./s1. The summed E-state index contributed by atoms with van der Waals surface area (Å²) in [5, 5.41) is 7.11. The van der Waals surface area contributed by atoms with Crippen LogP contribution in [0.4, 0.5) is 5.69 Å². The van der Waals surface area contributed by atoms with E-state index in [0.29, 0.717) is 21.5 Å². The van der Waals surface area contributed by atoms with E-state index in [2.05, 4.69) is 22.8 Å². The van der Waals surface area contributed by atoms with E-state index in [-0.39, 0.29) is 18.3 Å². The van der Waals surface area contributed by atoms with Crippen LogP contribution in [-0.2, 0) is 0 Å². The average molecular weight is 386 g/mol. The number of nitrogens with one attached hydrogen (secondary N) is 2. The Morgan fingerprint density at radius 3 is 2.46 bits per heavy atom. The minimum Gasteiger partial charge on any atom is -0.322 e. The number of piperidine rings is 1. The molecule has 0 aliphatic carbocycles. The van der Waals surface area contributed by atoms with Crippen molar-refractivity contribution in [1.29, 1.82) is 0 Å². The summed E-state index contributed by atoms with van der Waals surface area (Å²) in [7, 11) is 0. The Hall–Kier alpha value is -1.26. The summed E-state index contributed by atoms with van der Waals surface area (Å²) in [5.41, 5.74) is 2.57. The summed E-state index contributed by atoms with van der Waals surface area (Å²) in [6.45, 7) is 2.13. The van der Waals surface area contributed by atoms with Crippen molar-refractivity contribution in [3.8, 4) is 0 Å². The minimum atomic E-state index is -0.198. The summed E-state index contributed by atoms with van der Waals surface area (Å²) in [6, 6.07) is 12.9. The van der Waals surface area contributed by atoms with Crippen molar-refractivity contribution in [2.75, 3.05) is 18.4 Å². The molecule has 0 aromatic heterocycles. The maximum Gasteiger partial charge on any atom is 0.255 e. The summed E-state index contributed by atoms with van der Waals surface area (Å²) in [6.07, 6.45) is 2.42. The predicted molar refractivity (Wildman–Crippen MR) is 103 cm³/mol. The molecule has 3 nitrogen and oxygen atoms in total. The Morgan fingerprint density at radius 2 is 1.83 bits per heavy atom. The van der Waals surface area contributed by atoms with Crippen LogP contribution in [0.15, 0.2) is 42.5 Å². The van der Waals surface area contributed by atoms with E-state index in [1.807, 2.05) is 12.1 Å². The molecular formula is C18H19Cl3N2O. The zero-order chi connectivity index (χ0) is 16.2. The summed E-state index contributed by atoms with van der Waals surface area (Å²) >= 11 is 11.8. The van der Waals surface area contributed by atoms with Crippen LogP contribution >= 0.6 is 35.6 Å². The number of carbonyl (C=O) groups excluding carboxylic acids is 1. The Balaban J connectivity index is 0.00000208. The normalized spacial score (nSPS) is 17.0. The van der Waals surface area contributed by atoms with Crippen molar-refractivity contribution < 1.29 is 4.79 Å².